The molecule has 0 aliphatic heterocycles. The van der Waals surface area contributed by atoms with Crippen LogP contribution in [0.3, 0.4) is 0 Å². The van der Waals surface area contributed by atoms with Crippen molar-refractivity contribution in [2.75, 3.05) is 5.32 Å². The lowest BCUT2D eigenvalue weighted by Gasteiger charge is -2.15. The third-order valence-corrected chi connectivity index (χ3v) is 4.64. The van der Waals surface area contributed by atoms with E-state index in [1.54, 1.807) is 0 Å². The summed E-state index contributed by atoms with van der Waals surface area (Å²) in [5.41, 5.74) is 1.95. The van der Waals surface area contributed by atoms with Crippen LogP contribution in [0.1, 0.15) is 51.5 Å². The lowest BCUT2D eigenvalue weighted by atomic mass is 9.97. The second-order valence-electron chi connectivity index (χ2n) is 6.75. The first-order valence-electron chi connectivity index (χ1n) is 9.91. The lowest BCUT2D eigenvalue weighted by Crippen LogP contribution is -2.22. The average molecular weight is 366 g/mol. The molecular weight excluding hydrogens is 334 g/mol. The van der Waals surface area contributed by atoms with Gasteiger partial charge in [0.1, 0.15) is 12.4 Å². The van der Waals surface area contributed by atoms with Crippen LogP contribution >= 0.6 is 0 Å². The number of carbonyl (C=O) groups is 1. The third kappa shape index (κ3) is 7.69. The van der Waals surface area contributed by atoms with Gasteiger partial charge in [0.2, 0.25) is 5.91 Å². The zero-order chi connectivity index (χ0) is 19.3. The van der Waals surface area contributed by atoms with Gasteiger partial charge in [-0.05, 0) is 62.4 Å². The van der Waals surface area contributed by atoms with Crippen LogP contribution in [0.2, 0.25) is 0 Å². The number of carbonyl (C=O) groups excluding carboxylic acids is 1. The minimum Gasteiger partial charge on any atom is -0.489 e. The van der Waals surface area contributed by atoms with Gasteiger partial charge in [0.05, 0.1) is 0 Å². The van der Waals surface area contributed by atoms with Gasteiger partial charge in [0.15, 0.2) is 0 Å². The molecule has 3 nitrogen and oxygen atoms in total. The topological polar surface area (TPSA) is 38.3 Å². The maximum Gasteiger partial charge on any atom is 0.227 e. The Morgan fingerprint density at radius 1 is 1.07 bits per heavy atom. The van der Waals surface area contributed by atoms with E-state index in [1.165, 1.54) is 0 Å². The highest BCUT2D eigenvalue weighted by molar-refractivity contribution is 5.92. The maximum atomic E-state index is 12.5. The molecule has 1 atom stereocenters. The Balaban J connectivity index is 1.78. The van der Waals surface area contributed by atoms with Crippen LogP contribution in [0.15, 0.2) is 66.7 Å². The van der Waals surface area contributed by atoms with Crippen LogP contribution in [0.5, 0.6) is 5.75 Å². The first kappa shape index (κ1) is 20.8. The van der Waals surface area contributed by atoms with E-state index in [4.69, 9.17) is 4.74 Å². The SMILES string of the molecule is C/C=C/CCCCC(CC)C(=O)Nc1ccc(OCc2ccccc2)cc1. The third-order valence-electron chi connectivity index (χ3n) is 4.64. The molecule has 0 spiro atoms. The van der Waals surface area contributed by atoms with Gasteiger partial charge in [-0.2, -0.15) is 0 Å². The smallest absolute Gasteiger partial charge is 0.227 e. The number of ether oxygens (including phenoxy) is 1. The first-order valence-corrected chi connectivity index (χ1v) is 9.91. The van der Waals surface area contributed by atoms with Crippen LogP contribution in [-0.4, -0.2) is 5.91 Å². The number of benzene rings is 2. The van der Waals surface area contributed by atoms with Gasteiger partial charge in [-0.1, -0.05) is 55.8 Å². The molecule has 0 bridgehead atoms. The number of amides is 1. The molecule has 2 rings (SSSR count). The van der Waals surface area contributed by atoms with Gasteiger partial charge < -0.3 is 10.1 Å². The van der Waals surface area contributed by atoms with E-state index in [2.05, 4.69) is 24.4 Å². The molecule has 2 aromatic rings. The molecule has 1 N–H and O–H groups in total. The number of nitrogens with one attached hydrogen (secondary N) is 1. The van der Waals surface area contributed by atoms with Crippen LogP contribution in [0.4, 0.5) is 5.69 Å². The molecule has 0 heterocycles. The molecule has 2 aromatic carbocycles. The Morgan fingerprint density at radius 3 is 2.48 bits per heavy atom. The Kier molecular flexibility index (Phi) is 9.19. The maximum absolute atomic E-state index is 12.5. The number of unbranched alkanes of at least 4 members (excludes halogenated alkanes) is 2. The zero-order valence-electron chi connectivity index (χ0n) is 16.5. The van der Waals surface area contributed by atoms with Crippen LogP contribution in [0.25, 0.3) is 0 Å². The quantitative estimate of drug-likeness (QED) is 0.371. The molecule has 0 radical (unpaired) electrons. The first-order chi connectivity index (χ1) is 13.2. The van der Waals surface area contributed by atoms with E-state index in [1.807, 2.05) is 61.5 Å². The number of hydrogen-bond donors (Lipinski definition) is 1. The lowest BCUT2D eigenvalue weighted by molar-refractivity contribution is -0.120. The van der Waals surface area contributed by atoms with Crippen LogP contribution < -0.4 is 10.1 Å². The van der Waals surface area contributed by atoms with E-state index in [0.29, 0.717) is 6.61 Å². The van der Waals surface area contributed by atoms with Gasteiger partial charge in [0, 0.05) is 11.6 Å². The van der Waals surface area contributed by atoms with Crippen molar-refractivity contribution >= 4 is 11.6 Å². The Hall–Kier alpha value is -2.55. The van der Waals surface area contributed by atoms with Crippen LogP contribution in [-0.2, 0) is 11.4 Å². The molecule has 1 amide bonds. The molecule has 0 aromatic heterocycles. The van der Waals surface area contributed by atoms with E-state index in [9.17, 15) is 4.79 Å². The summed E-state index contributed by atoms with van der Waals surface area (Å²) in [7, 11) is 0. The van der Waals surface area contributed by atoms with E-state index >= 15 is 0 Å². The molecule has 3 heteroatoms. The molecule has 144 valence electrons. The van der Waals surface area contributed by atoms with Crippen molar-refractivity contribution in [3.63, 3.8) is 0 Å². The highest BCUT2D eigenvalue weighted by Gasteiger charge is 2.16. The molecule has 27 heavy (non-hydrogen) atoms. The second-order valence-corrected chi connectivity index (χ2v) is 6.75. The highest BCUT2D eigenvalue weighted by Crippen LogP contribution is 2.20. The standard InChI is InChI=1S/C24H31NO2/c1-3-5-6-7-11-14-21(4-2)24(26)25-22-15-17-23(18-16-22)27-19-20-12-9-8-10-13-20/h3,5,8-10,12-13,15-18,21H,4,6-7,11,14,19H2,1-2H3,(H,25,26)/b5-3+. The minimum atomic E-state index is 0.0737. The zero-order valence-corrected chi connectivity index (χ0v) is 16.5. The second kappa shape index (κ2) is 11.9. The van der Waals surface area contributed by atoms with Crippen molar-refractivity contribution in [1.82, 2.24) is 0 Å². The van der Waals surface area contributed by atoms with Crippen LogP contribution in [0, 0.1) is 5.92 Å². The van der Waals surface area contributed by atoms with E-state index < -0.39 is 0 Å². The van der Waals surface area contributed by atoms with Crippen molar-refractivity contribution in [2.45, 2.75) is 52.6 Å². The Morgan fingerprint density at radius 2 is 1.81 bits per heavy atom. The van der Waals surface area contributed by atoms with Gasteiger partial charge in [-0.3, -0.25) is 4.79 Å². The summed E-state index contributed by atoms with van der Waals surface area (Å²) < 4.78 is 5.79. The predicted octanol–water partition coefficient (Wildman–Crippen LogP) is 6.37. The summed E-state index contributed by atoms with van der Waals surface area (Å²) in [5.74, 6) is 0.985. The van der Waals surface area contributed by atoms with E-state index in [0.717, 1.165) is 49.1 Å². The van der Waals surface area contributed by atoms with Gasteiger partial charge >= 0.3 is 0 Å². The molecular formula is C24H31NO2. The number of anilines is 1. The summed E-state index contributed by atoms with van der Waals surface area (Å²) in [5, 5.41) is 3.04. The molecule has 0 fully saturated rings. The number of allylic oxidation sites excluding steroid dienone is 2. The summed E-state index contributed by atoms with van der Waals surface area (Å²) in [6.07, 6.45) is 9.40. The largest absolute Gasteiger partial charge is 0.489 e. The normalized spacial score (nSPS) is 12.1. The summed E-state index contributed by atoms with van der Waals surface area (Å²) in [6, 6.07) is 17.7. The Labute approximate surface area is 163 Å². The molecule has 0 saturated carbocycles. The Bertz CT molecular complexity index is 692. The fraction of sp³-hybridized carbons (Fsp3) is 0.375. The van der Waals surface area contributed by atoms with Crippen molar-refractivity contribution in [1.29, 1.82) is 0 Å². The molecule has 0 saturated heterocycles. The monoisotopic (exact) mass is 365 g/mol. The highest BCUT2D eigenvalue weighted by atomic mass is 16.5. The molecule has 0 aliphatic carbocycles. The number of rotatable bonds is 11. The van der Waals surface area contributed by atoms with Crippen molar-refractivity contribution in [3.05, 3.63) is 72.3 Å². The average Bonchev–Trinajstić information content (AvgIpc) is 2.71. The van der Waals surface area contributed by atoms with Gasteiger partial charge in [-0.15, -0.1) is 0 Å². The number of hydrogen-bond acceptors (Lipinski definition) is 2. The van der Waals surface area contributed by atoms with E-state index in [-0.39, 0.29) is 11.8 Å². The molecule has 0 aliphatic rings. The fourth-order valence-corrected chi connectivity index (χ4v) is 2.96. The molecule has 1 unspecified atom stereocenters. The van der Waals surface area contributed by atoms with Gasteiger partial charge in [-0.25, -0.2) is 0 Å². The summed E-state index contributed by atoms with van der Waals surface area (Å²) in [6.45, 7) is 4.66. The van der Waals surface area contributed by atoms with Crippen molar-refractivity contribution in [3.8, 4) is 5.75 Å². The predicted molar refractivity (Wildman–Crippen MR) is 113 cm³/mol. The summed E-state index contributed by atoms with van der Waals surface area (Å²) >= 11 is 0. The minimum absolute atomic E-state index is 0.0737. The summed E-state index contributed by atoms with van der Waals surface area (Å²) in [4.78, 5) is 12.5. The fourth-order valence-electron chi connectivity index (χ4n) is 2.96. The van der Waals surface area contributed by atoms with Crippen molar-refractivity contribution in [2.24, 2.45) is 5.92 Å². The van der Waals surface area contributed by atoms with Crippen molar-refractivity contribution < 1.29 is 9.53 Å². The van der Waals surface area contributed by atoms with Gasteiger partial charge in [0.25, 0.3) is 0 Å².